The lowest BCUT2D eigenvalue weighted by atomic mass is 10.2. The Morgan fingerprint density at radius 2 is 2.13 bits per heavy atom. The van der Waals surface area contributed by atoms with E-state index in [1.54, 1.807) is 7.11 Å². The van der Waals surface area contributed by atoms with Crippen molar-refractivity contribution in [3.05, 3.63) is 42.5 Å². The molecule has 0 amide bonds. The van der Waals surface area contributed by atoms with Crippen molar-refractivity contribution in [2.45, 2.75) is 6.10 Å². The lowest BCUT2D eigenvalue weighted by molar-refractivity contribution is 0.105. The Morgan fingerprint density at radius 3 is 2.91 bits per heavy atom. The number of oxazole rings is 1. The van der Waals surface area contributed by atoms with Gasteiger partial charge < -0.3 is 24.7 Å². The van der Waals surface area contributed by atoms with E-state index in [4.69, 9.17) is 14.3 Å². The van der Waals surface area contributed by atoms with E-state index in [0.29, 0.717) is 17.0 Å². The van der Waals surface area contributed by atoms with Gasteiger partial charge in [-0.1, -0.05) is 6.07 Å². The minimum atomic E-state index is -0.796. The number of benzene rings is 2. The number of ether oxygens (including phenoxy) is 1. The number of fused-ring (bicyclic) bond motifs is 1. The van der Waals surface area contributed by atoms with Gasteiger partial charge in [-0.05, 0) is 36.4 Å². The summed E-state index contributed by atoms with van der Waals surface area (Å²) in [5.74, 6) is 1.26. The molecular weight excluding hydrogens is 296 g/mol. The summed E-state index contributed by atoms with van der Waals surface area (Å²) in [6.45, 7) is -0.0121. The van der Waals surface area contributed by atoms with Crippen LogP contribution in [0.1, 0.15) is 0 Å². The summed E-state index contributed by atoms with van der Waals surface area (Å²) in [6, 6.07) is 13.0. The topological polar surface area (TPSA) is 87.8 Å². The van der Waals surface area contributed by atoms with E-state index in [1.165, 1.54) is 0 Å². The number of aliphatic hydroxyl groups excluding tert-OH is 2. The first-order valence-corrected chi connectivity index (χ1v) is 7.27. The average molecular weight is 314 g/mol. The summed E-state index contributed by atoms with van der Waals surface area (Å²) in [5, 5.41) is 21.2. The van der Waals surface area contributed by atoms with Gasteiger partial charge in [0.2, 0.25) is 5.89 Å². The van der Waals surface area contributed by atoms with Crippen molar-refractivity contribution in [3.8, 4) is 17.2 Å². The molecule has 3 aromatic rings. The summed E-state index contributed by atoms with van der Waals surface area (Å²) in [5.41, 5.74) is 3.03. The minimum absolute atomic E-state index is 0.266. The van der Waals surface area contributed by atoms with Gasteiger partial charge in [-0.25, -0.2) is 4.98 Å². The number of aromatic nitrogens is 1. The number of aliphatic hydroxyl groups is 2. The van der Waals surface area contributed by atoms with Gasteiger partial charge in [0.05, 0.1) is 19.8 Å². The van der Waals surface area contributed by atoms with E-state index in [1.807, 2.05) is 42.5 Å². The summed E-state index contributed by atoms with van der Waals surface area (Å²) in [4.78, 5) is 4.49. The fourth-order valence-corrected chi connectivity index (χ4v) is 2.22. The maximum atomic E-state index is 9.38. The third kappa shape index (κ3) is 3.44. The first-order chi connectivity index (χ1) is 11.2. The average Bonchev–Trinajstić information content (AvgIpc) is 3.03. The Bertz CT molecular complexity index is 800. The van der Waals surface area contributed by atoms with E-state index in [-0.39, 0.29) is 13.2 Å². The Hall–Kier alpha value is -2.57. The molecule has 3 rings (SSSR count). The second kappa shape index (κ2) is 6.68. The first-order valence-electron chi connectivity index (χ1n) is 7.27. The van der Waals surface area contributed by atoms with Crippen LogP contribution in [-0.2, 0) is 0 Å². The molecule has 2 aromatic carbocycles. The van der Waals surface area contributed by atoms with Crippen molar-refractivity contribution < 1.29 is 19.4 Å². The molecule has 0 saturated heterocycles. The van der Waals surface area contributed by atoms with Crippen LogP contribution in [0.15, 0.2) is 46.9 Å². The molecule has 0 aliphatic carbocycles. The largest absolute Gasteiger partial charge is 0.497 e. The molecule has 1 unspecified atom stereocenters. The molecule has 0 aliphatic heterocycles. The van der Waals surface area contributed by atoms with Crippen molar-refractivity contribution in [1.29, 1.82) is 0 Å². The van der Waals surface area contributed by atoms with E-state index in [9.17, 15) is 5.11 Å². The van der Waals surface area contributed by atoms with Gasteiger partial charge in [-0.3, -0.25) is 0 Å². The number of hydrogen-bond donors (Lipinski definition) is 3. The Balaban J connectivity index is 1.86. The Morgan fingerprint density at radius 1 is 1.26 bits per heavy atom. The van der Waals surface area contributed by atoms with Crippen molar-refractivity contribution in [2.75, 3.05) is 25.6 Å². The van der Waals surface area contributed by atoms with Gasteiger partial charge in [-0.15, -0.1) is 0 Å². The molecule has 23 heavy (non-hydrogen) atoms. The van der Waals surface area contributed by atoms with E-state index < -0.39 is 6.10 Å². The highest BCUT2D eigenvalue weighted by Crippen LogP contribution is 2.28. The van der Waals surface area contributed by atoms with Crippen molar-refractivity contribution >= 4 is 16.8 Å². The summed E-state index contributed by atoms with van der Waals surface area (Å²) < 4.78 is 11.0. The molecule has 0 aliphatic rings. The lowest BCUT2D eigenvalue weighted by Gasteiger charge is -2.09. The van der Waals surface area contributed by atoms with Crippen LogP contribution in [0.5, 0.6) is 5.75 Å². The van der Waals surface area contributed by atoms with Crippen LogP contribution in [-0.4, -0.2) is 41.6 Å². The van der Waals surface area contributed by atoms with Gasteiger partial charge in [0.25, 0.3) is 0 Å². The summed E-state index contributed by atoms with van der Waals surface area (Å²) in [7, 11) is 1.62. The molecule has 120 valence electrons. The van der Waals surface area contributed by atoms with E-state index in [2.05, 4.69) is 10.3 Å². The maximum absolute atomic E-state index is 9.38. The van der Waals surface area contributed by atoms with Crippen LogP contribution < -0.4 is 10.1 Å². The normalized spacial score (nSPS) is 12.3. The molecule has 0 spiro atoms. The maximum Gasteiger partial charge on any atom is 0.227 e. The fourth-order valence-electron chi connectivity index (χ4n) is 2.22. The molecule has 3 N–H and O–H groups in total. The van der Waals surface area contributed by atoms with Gasteiger partial charge in [0.1, 0.15) is 11.3 Å². The molecule has 0 fully saturated rings. The number of anilines is 1. The second-order valence-corrected chi connectivity index (χ2v) is 5.15. The molecule has 6 heteroatoms. The van der Waals surface area contributed by atoms with E-state index in [0.717, 1.165) is 17.0 Å². The number of methoxy groups -OCH3 is 1. The Labute approximate surface area is 133 Å². The highest BCUT2D eigenvalue weighted by atomic mass is 16.5. The molecule has 1 aromatic heterocycles. The fraction of sp³-hybridized carbons (Fsp3) is 0.235. The zero-order valence-electron chi connectivity index (χ0n) is 12.7. The quantitative estimate of drug-likeness (QED) is 0.647. The van der Waals surface area contributed by atoms with Crippen LogP contribution in [0.4, 0.5) is 5.69 Å². The summed E-state index contributed by atoms with van der Waals surface area (Å²) >= 11 is 0. The predicted octanol–water partition coefficient (Wildman–Crippen LogP) is 2.27. The second-order valence-electron chi connectivity index (χ2n) is 5.15. The monoisotopic (exact) mass is 314 g/mol. The summed E-state index contributed by atoms with van der Waals surface area (Å²) in [6.07, 6.45) is -0.796. The Kier molecular flexibility index (Phi) is 4.45. The van der Waals surface area contributed by atoms with Crippen molar-refractivity contribution in [1.82, 2.24) is 4.98 Å². The third-order valence-electron chi connectivity index (χ3n) is 3.46. The van der Waals surface area contributed by atoms with Crippen LogP contribution in [0.2, 0.25) is 0 Å². The van der Waals surface area contributed by atoms with Gasteiger partial charge in [0, 0.05) is 17.8 Å². The van der Waals surface area contributed by atoms with Crippen LogP contribution >= 0.6 is 0 Å². The standard InChI is InChI=1S/C17H18N2O4/c1-22-14-4-2-3-11(7-14)17-19-15-8-12(5-6-16(15)23-17)18-9-13(21)10-20/h2-8,13,18,20-21H,9-10H2,1H3. The van der Waals surface area contributed by atoms with Crippen LogP contribution in [0.25, 0.3) is 22.6 Å². The van der Waals surface area contributed by atoms with Crippen LogP contribution in [0.3, 0.4) is 0 Å². The SMILES string of the molecule is COc1cccc(-c2nc3cc(NCC(O)CO)ccc3o2)c1. The number of nitrogens with zero attached hydrogens (tertiary/aromatic N) is 1. The zero-order chi connectivity index (χ0) is 16.2. The van der Waals surface area contributed by atoms with E-state index >= 15 is 0 Å². The smallest absolute Gasteiger partial charge is 0.227 e. The highest BCUT2D eigenvalue weighted by Gasteiger charge is 2.10. The molecule has 1 atom stereocenters. The van der Waals surface area contributed by atoms with Gasteiger partial charge in [-0.2, -0.15) is 0 Å². The van der Waals surface area contributed by atoms with Crippen LogP contribution in [0, 0.1) is 0 Å². The van der Waals surface area contributed by atoms with Gasteiger partial charge >= 0.3 is 0 Å². The number of rotatable bonds is 6. The third-order valence-corrected chi connectivity index (χ3v) is 3.46. The van der Waals surface area contributed by atoms with Crippen molar-refractivity contribution in [2.24, 2.45) is 0 Å². The molecule has 0 radical (unpaired) electrons. The van der Waals surface area contributed by atoms with Crippen molar-refractivity contribution in [3.63, 3.8) is 0 Å². The molecule has 6 nitrogen and oxygen atoms in total. The minimum Gasteiger partial charge on any atom is -0.497 e. The molecule has 0 saturated carbocycles. The molecule has 1 heterocycles. The number of hydrogen-bond acceptors (Lipinski definition) is 6. The predicted molar refractivity (Wildman–Crippen MR) is 87.6 cm³/mol. The molecule has 0 bridgehead atoms. The first kappa shape index (κ1) is 15.3. The molecular formula is C17H18N2O4. The highest BCUT2D eigenvalue weighted by molar-refractivity contribution is 5.80. The lowest BCUT2D eigenvalue weighted by Crippen LogP contribution is -2.22. The van der Waals surface area contributed by atoms with Gasteiger partial charge in [0.15, 0.2) is 5.58 Å². The zero-order valence-corrected chi connectivity index (χ0v) is 12.7. The number of nitrogens with one attached hydrogen (secondary N) is 1.